The third-order valence-electron chi connectivity index (χ3n) is 5.35. The Bertz CT molecular complexity index is 374. The fraction of sp³-hybridized carbons (Fsp3) is 1.00. The highest BCUT2D eigenvalue weighted by Gasteiger charge is 2.43. The topological polar surface area (TPSA) is 84.2 Å². The molecular weight excluding hydrogens is 315 g/mol. The van der Waals surface area contributed by atoms with Gasteiger partial charge in [0.05, 0.1) is 24.7 Å². The lowest BCUT2D eigenvalue weighted by Crippen LogP contribution is -2.62. The molecule has 1 aliphatic heterocycles. The summed E-state index contributed by atoms with van der Waals surface area (Å²) in [5.74, 6) is -1.01. The van der Waals surface area contributed by atoms with Gasteiger partial charge in [-0.15, -0.1) is 0 Å². The highest BCUT2D eigenvalue weighted by Crippen LogP contribution is 2.40. The molecule has 1 saturated carbocycles. The molecule has 136 valence electrons. The van der Waals surface area contributed by atoms with E-state index in [1.807, 2.05) is 0 Å². The molecular formula is C15H26F3NO4. The Morgan fingerprint density at radius 2 is 1.57 bits per heavy atom. The van der Waals surface area contributed by atoms with Gasteiger partial charge in [0.1, 0.15) is 12.2 Å². The van der Waals surface area contributed by atoms with E-state index in [0.29, 0.717) is 25.8 Å². The molecule has 1 saturated heterocycles. The van der Waals surface area contributed by atoms with Crippen molar-refractivity contribution < 1.29 is 33.6 Å². The van der Waals surface area contributed by atoms with Crippen molar-refractivity contribution in [2.75, 3.05) is 19.7 Å². The Labute approximate surface area is 133 Å². The van der Waals surface area contributed by atoms with Crippen LogP contribution in [-0.4, -0.2) is 75.6 Å². The van der Waals surface area contributed by atoms with Gasteiger partial charge in [0.15, 0.2) is 0 Å². The van der Waals surface area contributed by atoms with Crippen molar-refractivity contribution in [2.24, 2.45) is 11.8 Å². The number of hydrogen-bond donors (Lipinski definition) is 4. The predicted molar refractivity (Wildman–Crippen MR) is 76.6 cm³/mol. The predicted octanol–water partition coefficient (Wildman–Crippen LogP) is 0.504. The molecule has 2 aliphatic rings. The van der Waals surface area contributed by atoms with Crippen molar-refractivity contribution in [3.05, 3.63) is 0 Å². The van der Waals surface area contributed by atoms with Crippen molar-refractivity contribution in [1.29, 1.82) is 0 Å². The third-order valence-corrected chi connectivity index (χ3v) is 5.35. The molecule has 2 fully saturated rings. The minimum Gasteiger partial charge on any atom is -0.395 e. The van der Waals surface area contributed by atoms with Crippen LogP contribution < -0.4 is 0 Å². The van der Waals surface area contributed by atoms with E-state index in [1.54, 1.807) is 4.90 Å². The van der Waals surface area contributed by atoms with Crippen LogP contribution in [0.15, 0.2) is 0 Å². The van der Waals surface area contributed by atoms with Gasteiger partial charge in [-0.1, -0.05) is 0 Å². The number of β-amino-alcohol motifs (C(OH)–C–C–N with tert-alkyl or cyclic N) is 1. The second-order valence-corrected chi connectivity index (χ2v) is 6.84. The van der Waals surface area contributed by atoms with Gasteiger partial charge in [0, 0.05) is 6.54 Å². The first-order chi connectivity index (χ1) is 10.7. The summed E-state index contributed by atoms with van der Waals surface area (Å²) < 4.78 is 37.9. The molecule has 0 aromatic carbocycles. The first-order valence-electron chi connectivity index (χ1n) is 8.19. The Balaban J connectivity index is 1.81. The van der Waals surface area contributed by atoms with Crippen LogP contribution in [0, 0.1) is 11.8 Å². The van der Waals surface area contributed by atoms with Crippen LogP contribution in [0.3, 0.4) is 0 Å². The molecule has 4 atom stereocenters. The van der Waals surface area contributed by atoms with Gasteiger partial charge in [-0.3, -0.25) is 4.90 Å². The zero-order valence-corrected chi connectivity index (χ0v) is 13.0. The molecule has 0 aromatic rings. The van der Waals surface area contributed by atoms with E-state index < -0.39 is 36.4 Å². The molecule has 4 N–H and O–H groups in total. The van der Waals surface area contributed by atoms with E-state index in [4.69, 9.17) is 0 Å². The van der Waals surface area contributed by atoms with Crippen LogP contribution in [0.25, 0.3) is 0 Å². The number of aliphatic hydroxyl groups is 4. The van der Waals surface area contributed by atoms with E-state index in [0.717, 1.165) is 0 Å². The fourth-order valence-corrected chi connectivity index (χ4v) is 3.76. The molecule has 0 unspecified atom stereocenters. The number of nitrogens with zero attached hydrogens (tertiary/aromatic N) is 1. The van der Waals surface area contributed by atoms with Crippen molar-refractivity contribution in [1.82, 2.24) is 4.90 Å². The van der Waals surface area contributed by atoms with Gasteiger partial charge in [0.25, 0.3) is 0 Å². The maximum atomic E-state index is 12.6. The Morgan fingerprint density at radius 3 is 2.09 bits per heavy atom. The minimum absolute atomic E-state index is 0.140. The smallest absolute Gasteiger partial charge is 0.391 e. The molecule has 23 heavy (non-hydrogen) atoms. The molecule has 1 heterocycles. The molecule has 0 aromatic heterocycles. The SMILES string of the molecule is OC[C@@H]1[C@@H](O)[C@H](O)[C@@H](O)CN1CC[C@H]1CC[C@@H](C(F)(F)F)CC1. The number of aliphatic hydroxyl groups excluding tert-OH is 4. The van der Waals surface area contributed by atoms with E-state index in [9.17, 15) is 33.6 Å². The van der Waals surface area contributed by atoms with E-state index in [2.05, 4.69) is 0 Å². The molecule has 2 rings (SSSR count). The van der Waals surface area contributed by atoms with Gasteiger partial charge < -0.3 is 20.4 Å². The Kier molecular flexibility index (Phi) is 6.29. The standard InChI is InChI=1S/C15H26F3NO4/c16-15(17,18)10-3-1-9(2-4-10)5-6-19-7-12(21)14(23)13(22)11(19)8-20/h9-14,20-23H,1-8H2/t9-,10+,11-,12+,13-,14-/m1/s1. The molecule has 8 heteroatoms. The van der Waals surface area contributed by atoms with Gasteiger partial charge in [-0.2, -0.15) is 13.2 Å². The number of halogens is 3. The summed E-state index contributed by atoms with van der Waals surface area (Å²) in [6.07, 6.45) is -5.70. The Hall–Kier alpha value is -0.410. The summed E-state index contributed by atoms with van der Waals surface area (Å²) in [6.45, 7) is 0.278. The summed E-state index contributed by atoms with van der Waals surface area (Å²) in [5.41, 5.74) is 0. The molecule has 5 nitrogen and oxygen atoms in total. The normalized spacial score (nSPS) is 40.3. The maximum Gasteiger partial charge on any atom is 0.391 e. The summed E-state index contributed by atoms with van der Waals surface area (Å²) >= 11 is 0. The quantitative estimate of drug-likeness (QED) is 0.599. The van der Waals surface area contributed by atoms with Crippen molar-refractivity contribution >= 4 is 0 Å². The van der Waals surface area contributed by atoms with Gasteiger partial charge >= 0.3 is 6.18 Å². The summed E-state index contributed by atoms with van der Waals surface area (Å²) in [7, 11) is 0. The highest BCUT2D eigenvalue weighted by molar-refractivity contribution is 4.94. The number of alkyl halides is 3. The number of hydrogen-bond acceptors (Lipinski definition) is 5. The second kappa shape index (κ2) is 7.65. The molecule has 0 bridgehead atoms. The Morgan fingerprint density at radius 1 is 0.957 bits per heavy atom. The average molecular weight is 341 g/mol. The lowest BCUT2D eigenvalue weighted by molar-refractivity contribution is -0.184. The first-order valence-corrected chi connectivity index (χ1v) is 8.19. The minimum atomic E-state index is -4.11. The second-order valence-electron chi connectivity index (χ2n) is 6.84. The van der Waals surface area contributed by atoms with Crippen LogP contribution in [-0.2, 0) is 0 Å². The number of likely N-dealkylation sites (tertiary alicyclic amines) is 1. The van der Waals surface area contributed by atoms with Crippen LogP contribution in [0.1, 0.15) is 32.1 Å². The molecule has 1 aliphatic carbocycles. The van der Waals surface area contributed by atoms with Crippen molar-refractivity contribution in [3.8, 4) is 0 Å². The third kappa shape index (κ3) is 4.57. The van der Waals surface area contributed by atoms with E-state index in [1.165, 1.54) is 0 Å². The first kappa shape index (κ1) is 18.9. The summed E-state index contributed by atoms with van der Waals surface area (Å²) in [5, 5.41) is 38.7. The molecule has 0 spiro atoms. The van der Waals surface area contributed by atoms with Crippen molar-refractivity contribution in [3.63, 3.8) is 0 Å². The number of rotatable bonds is 4. The highest BCUT2D eigenvalue weighted by atomic mass is 19.4. The molecule has 0 amide bonds. The lowest BCUT2D eigenvalue weighted by atomic mass is 9.80. The van der Waals surface area contributed by atoms with Crippen molar-refractivity contribution in [2.45, 2.75) is 62.6 Å². The van der Waals surface area contributed by atoms with E-state index in [-0.39, 0.29) is 31.9 Å². The van der Waals surface area contributed by atoms with Crippen LogP contribution in [0.5, 0.6) is 0 Å². The van der Waals surface area contributed by atoms with Gasteiger partial charge in [0.2, 0.25) is 0 Å². The zero-order valence-electron chi connectivity index (χ0n) is 13.0. The monoisotopic (exact) mass is 341 g/mol. The van der Waals surface area contributed by atoms with Gasteiger partial charge in [-0.25, -0.2) is 0 Å². The van der Waals surface area contributed by atoms with Crippen LogP contribution in [0.4, 0.5) is 13.2 Å². The number of piperidine rings is 1. The molecule has 0 radical (unpaired) electrons. The van der Waals surface area contributed by atoms with Crippen LogP contribution >= 0.6 is 0 Å². The van der Waals surface area contributed by atoms with E-state index >= 15 is 0 Å². The summed E-state index contributed by atoms with van der Waals surface area (Å²) in [6, 6.07) is -0.653. The maximum absolute atomic E-state index is 12.6. The average Bonchev–Trinajstić information content (AvgIpc) is 2.50. The lowest BCUT2D eigenvalue weighted by Gasteiger charge is -2.43. The fourth-order valence-electron chi connectivity index (χ4n) is 3.76. The van der Waals surface area contributed by atoms with Gasteiger partial charge in [-0.05, 0) is 44.6 Å². The van der Waals surface area contributed by atoms with Crippen LogP contribution in [0.2, 0.25) is 0 Å². The largest absolute Gasteiger partial charge is 0.395 e. The summed E-state index contributed by atoms with van der Waals surface area (Å²) in [4.78, 5) is 1.72. The zero-order chi connectivity index (χ0) is 17.2.